The number of aryl methyl sites for hydroxylation is 2. The molecule has 1 saturated heterocycles. The van der Waals surface area contributed by atoms with Gasteiger partial charge in [0.25, 0.3) is 5.91 Å². The lowest BCUT2D eigenvalue weighted by Gasteiger charge is -2.16. The fourth-order valence-corrected chi connectivity index (χ4v) is 5.24. The lowest BCUT2D eigenvalue weighted by Crippen LogP contribution is -2.28. The summed E-state index contributed by atoms with van der Waals surface area (Å²) >= 11 is 0. The molecular formula is C18H23N3O3S. The molecule has 7 heteroatoms. The van der Waals surface area contributed by atoms with Crippen molar-refractivity contribution in [2.45, 2.75) is 38.5 Å². The minimum atomic E-state index is -3.57. The number of benzene rings is 1. The number of aromatic nitrogens is 1. The molecule has 2 heterocycles. The van der Waals surface area contributed by atoms with E-state index in [0.717, 1.165) is 18.4 Å². The number of hydrogen-bond acceptors (Lipinski definition) is 3. The van der Waals surface area contributed by atoms with E-state index in [1.165, 1.54) is 4.31 Å². The highest BCUT2D eigenvalue weighted by atomic mass is 32.2. The molecule has 0 bridgehead atoms. The van der Waals surface area contributed by atoms with Crippen LogP contribution < -0.4 is 5.32 Å². The van der Waals surface area contributed by atoms with Gasteiger partial charge in [0.1, 0.15) is 10.6 Å². The maximum atomic E-state index is 12.9. The van der Waals surface area contributed by atoms with E-state index >= 15 is 0 Å². The number of anilines is 1. The quantitative estimate of drug-likeness (QED) is 0.878. The van der Waals surface area contributed by atoms with Gasteiger partial charge in [-0.25, -0.2) is 8.42 Å². The minimum Gasteiger partial charge on any atom is -0.353 e. The van der Waals surface area contributed by atoms with Gasteiger partial charge in [0.2, 0.25) is 10.0 Å². The summed E-state index contributed by atoms with van der Waals surface area (Å²) in [6.07, 6.45) is 1.75. The van der Waals surface area contributed by atoms with Gasteiger partial charge in [-0.1, -0.05) is 12.1 Å². The van der Waals surface area contributed by atoms with Crippen molar-refractivity contribution in [2.24, 2.45) is 0 Å². The van der Waals surface area contributed by atoms with Gasteiger partial charge in [0, 0.05) is 24.5 Å². The highest BCUT2D eigenvalue weighted by Crippen LogP contribution is 2.29. The van der Waals surface area contributed by atoms with Crippen molar-refractivity contribution in [1.29, 1.82) is 0 Å². The Morgan fingerprint density at radius 2 is 1.84 bits per heavy atom. The van der Waals surface area contributed by atoms with Gasteiger partial charge < -0.3 is 10.3 Å². The summed E-state index contributed by atoms with van der Waals surface area (Å²) in [5.74, 6) is -0.339. The number of amides is 1. The summed E-state index contributed by atoms with van der Waals surface area (Å²) in [5, 5.41) is 2.82. The van der Waals surface area contributed by atoms with E-state index in [4.69, 9.17) is 0 Å². The summed E-state index contributed by atoms with van der Waals surface area (Å²) in [6, 6.07) is 7.48. The zero-order valence-electron chi connectivity index (χ0n) is 14.7. The topological polar surface area (TPSA) is 82.3 Å². The molecule has 0 aliphatic carbocycles. The summed E-state index contributed by atoms with van der Waals surface area (Å²) in [7, 11) is -3.57. The van der Waals surface area contributed by atoms with E-state index in [1.54, 1.807) is 19.9 Å². The second-order valence-electron chi connectivity index (χ2n) is 6.51. The molecule has 0 spiro atoms. The van der Waals surface area contributed by atoms with Gasteiger partial charge in [0.15, 0.2) is 0 Å². The Bertz CT molecular complexity index is 910. The first kappa shape index (κ1) is 17.7. The maximum Gasteiger partial charge on any atom is 0.272 e. The molecule has 134 valence electrons. The standard InChI is InChI=1S/C18H23N3O3S/c1-12-7-6-8-15(11-12)20-18(22)16-13(2)17(14(3)19-16)25(23,24)21-9-4-5-10-21/h6-8,11,19H,4-5,9-10H2,1-3H3,(H,20,22). The molecule has 25 heavy (non-hydrogen) atoms. The predicted molar refractivity (Wildman–Crippen MR) is 97.4 cm³/mol. The Labute approximate surface area is 148 Å². The highest BCUT2D eigenvalue weighted by molar-refractivity contribution is 7.89. The van der Waals surface area contributed by atoms with E-state index in [0.29, 0.717) is 30.0 Å². The van der Waals surface area contributed by atoms with Crippen LogP contribution in [-0.2, 0) is 10.0 Å². The fraction of sp³-hybridized carbons (Fsp3) is 0.389. The van der Waals surface area contributed by atoms with E-state index in [2.05, 4.69) is 10.3 Å². The normalized spacial score (nSPS) is 15.5. The lowest BCUT2D eigenvalue weighted by atomic mass is 10.2. The third kappa shape index (κ3) is 3.34. The van der Waals surface area contributed by atoms with Crippen LogP contribution in [0.3, 0.4) is 0 Å². The van der Waals surface area contributed by atoms with Gasteiger partial charge >= 0.3 is 0 Å². The van der Waals surface area contributed by atoms with E-state index in [9.17, 15) is 13.2 Å². The van der Waals surface area contributed by atoms with Gasteiger partial charge in [-0.05, 0) is 56.9 Å². The Morgan fingerprint density at radius 3 is 2.48 bits per heavy atom. The Hall–Kier alpha value is -2.12. The second kappa shape index (κ2) is 6.65. The van der Waals surface area contributed by atoms with Crippen molar-refractivity contribution >= 4 is 21.6 Å². The number of aromatic amines is 1. The molecule has 0 atom stereocenters. The highest BCUT2D eigenvalue weighted by Gasteiger charge is 2.33. The van der Waals surface area contributed by atoms with E-state index in [1.807, 2.05) is 25.1 Å². The number of hydrogen-bond donors (Lipinski definition) is 2. The van der Waals surface area contributed by atoms with Gasteiger partial charge in [0.05, 0.1) is 0 Å². The summed E-state index contributed by atoms with van der Waals surface area (Å²) in [5.41, 5.74) is 2.97. The fourth-order valence-electron chi connectivity index (χ4n) is 3.32. The van der Waals surface area contributed by atoms with Crippen LogP contribution in [0.4, 0.5) is 5.69 Å². The smallest absolute Gasteiger partial charge is 0.272 e. The molecule has 1 aromatic heterocycles. The first-order valence-electron chi connectivity index (χ1n) is 8.38. The van der Waals surface area contributed by atoms with Gasteiger partial charge in [-0.2, -0.15) is 4.31 Å². The Morgan fingerprint density at radius 1 is 1.16 bits per heavy atom. The van der Waals surface area contributed by atoms with E-state index in [-0.39, 0.29) is 16.5 Å². The summed E-state index contributed by atoms with van der Waals surface area (Å²) in [4.78, 5) is 15.8. The zero-order chi connectivity index (χ0) is 18.2. The molecule has 0 saturated carbocycles. The van der Waals surface area contributed by atoms with Crippen LogP contribution >= 0.6 is 0 Å². The Balaban J connectivity index is 1.92. The lowest BCUT2D eigenvalue weighted by molar-refractivity contribution is 0.102. The maximum absolute atomic E-state index is 12.9. The van der Waals surface area contributed by atoms with Crippen LogP contribution in [0.5, 0.6) is 0 Å². The SMILES string of the molecule is Cc1cccc(NC(=O)c2[nH]c(C)c(S(=O)(=O)N3CCCC3)c2C)c1. The first-order valence-corrected chi connectivity index (χ1v) is 9.82. The zero-order valence-corrected chi connectivity index (χ0v) is 15.5. The monoisotopic (exact) mass is 361 g/mol. The van der Waals surface area contributed by atoms with Crippen molar-refractivity contribution in [3.8, 4) is 0 Å². The van der Waals surface area contributed by atoms with Gasteiger partial charge in [-0.3, -0.25) is 4.79 Å². The van der Waals surface area contributed by atoms with E-state index < -0.39 is 10.0 Å². The molecule has 1 aromatic carbocycles. The second-order valence-corrected chi connectivity index (χ2v) is 8.39. The molecule has 3 rings (SSSR count). The minimum absolute atomic E-state index is 0.226. The van der Waals surface area contributed by atoms with Crippen LogP contribution in [0.15, 0.2) is 29.2 Å². The summed E-state index contributed by atoms with van der Waals surface area (Å²) < 4.78 is 27.3. The van der Waals surface area contributed by atoms with Crippen molar-refractivity contribution in [3.63, 3.8) is 0 Å². The van der Waals surface area contributed by atoms with Crippen molar-refractivity contribution in [3.05, 3.63) is 46.8 Å². The van der Waals surface area contributed by atoms with Crippen LogP contribution in [0, 0.1) is 20.8 Å². The molecule has 1 aliphatic heterocycles. The third-order valence-electron chi connectivity index (χ3n) is 4.53. The molecule has 6 nitrogen and oxygen atoms in total. The summed E-state index contributed by atoms with van der Waals surface area (Å²) in [6.45, 7) is 6.39. The molecule has 2 N–H and O–H groups in total. The number of nitrogens with one attached hydrogen (secondary N) is 2. The van der Waals surface area contributed by atoms with Gasteiger partial charge in [-0.15, -0.1) is 0 Å². The average molecular weight is 361 g/mol. The number of rotatable bonds is 4. The number of carbonyl (C=O) groups is 1. The Kier molecular flexibility index (Phi) is 4.71. The number of H-pyrrole nitrogens is 1. The van der Waals surface area contributed by atoms with Crippen LogP contribution in [0.2, 0.25) is 0 Å². The molecular weight excluding hydrogens is 338 g/mol. The van der Waals surface area contributed by atoms with Crippen LogP contribution in [0.1, 0.15) is 40.2 Å². The number of sulfonamides is 1. The molecule has 2 aromatic rings. The molecule has 0 unspecified atom stereocenters. The molecule has 1 fully saturated rings. The van der Waals surface area contributed by atoms with Crippen LogP contribution in [0.25, 0.3) is 0 Å². The predicted octanol–water partition coefficient (Wildman–Crippen LogP) is 2.98. The first-order chi connectivity index (χ1) is 11.8. The van der Waals surface area contributed by atoms with Crippen LogP contribution in [-0.4, -0.2) is 36.7 Å². The van der Waals surface area contributed by atoms with Crippen molar-refractivity contribution in [1.82, 2.24) is 9.29 Å². The molecule has 1 aliphatic rings. The third-order valence-corrected chi connectivity index (χ3v) is 6.71. The molecule has 0 radical (unpaired) electrons. The molecule has 1 amide bonds. The van der Waals surface area contributed by atoms with Crippen molar-refractivity contribution in [2.75, 3.05) is 18.4 Å². The van der Waals surface area contributed by atoms with Crippen molar-refractivity contribution < 1.29 is 13.2 Å². The number of carbonyl (C=O) groups excluding carboxylic acids is 1. The number of nitrogens with zero attached hydrogens (tertiary/aromatic N) is 1. The average Bonchev–Trinajstić information content (AvgIpc) is 3.16. The largest absolute Gasteiger partial charge is 0.353 e.